The van der Waals surface area contributed by atoms with E-state index in [1.54, 1.807) is 17.8 Å². The molecule has 84 valence electrons. The molecule has 0 fully saturated rings. The first-order chi connectivity index (χ1) is 7.19. The standard InChI is InChI=1S/C12H17FOS/c1-3-9(2)8-15-12-6-4-5-11(13)10(12)7-14/h4-6,9,14H,3,7-8H2,1-2H3. The molecule has 1 atom stereocenters. The van der Waals surface area contributed by atoms with Gasteiger partial charge in [-0.2, -0.15) is 0 Å². The molecule has 1 N–H and O–H groups in total. The summed E-state index contributed by atoms with van der Waals surface area (Å²) in [6, 6.07) is 4.94. The van der Waals surface area contributed by atoms with Gasteiger partial charge in [0.1, 0.15) is 5.82 Å². The van der Waals surface area contributed by atoms with Crippen LogP contribution in [-0.4, -0.2) is 10.9 Å². The van der Waals surface area contributed by atoms with E-state index in [-0.39, 0.29) is 12.4 Å². The molecule has 0 heterocycles. The maximum atomic E-state index is 13.3. The Morgan fingerprint density at radius 3 is 2.80 bits per heavy atom. The van der Waals surface area contributed by atoms with E-state index in [0.29, 0.717) is 11.5 Å². The second-order valence-corrected chi connectivity index (χ2v) is 4.76. The lowest BCUT2D eigenvalue weighted by molar-refractivity contribution is 0.272. The summed E-state index contributed by atoms with van der Waals surface area (Å²) in [6.45, 7) is 4.09. The summed E-state index contributed by atoms with van der Waals surface area (Å²) in [7, 11) is 0. The first kappa shape index (κ1) is 12.5. The van der Waals surface area contributed by atoms with Crippen LogP contribution in [0.25, 0.3) is 0 Å². The van der Waals surface area contributed by atoms with E-state index >= 15 is 0 Å². The molecule has 15 heavy (non-hydrogen) atoms. The number of rotatable bonds is 5. The molecule has 0 saturated carbocycles. The van der Waals surface area contributed by atoms with Crippen LogP contribution in [0.1, 0.15) is 25.8 Å². The number of hydrogen-bond acceptors (Lipinski definition) is 2. The van der Waals surface area contributed by atoms with Crippen molar-refractivity contribution in [1.82, 2.24) is 0 Å². The highest BCUT2D eigenvalue weighted by Crippen LogP contribution is 2.27. The molecule has 1 nitrogen and oxygen atoms in total. The van der Waals surface area contributed by atoms with Crippen LogP contribution in [0, 0.1) is 11.7 Å². The minimum Gasteiger partial charge on any atom is -0.392 e. The zero-order valence-electron chi connectivity index (χ0n) is 9.16. The highest BCUT2D eigenvalue weighted by molar-refractivity contribution is 7.99. The zero-order chi connectivity index (χ0) is 11.3. The summed E-state index contributed by atoms with van der Waals surface area (Å²) >= 11 is 1.62. The van der Waals surface area contributed by atoms with Gasteiger partial charge in [0.2, 0.25) is 0 Å². The van der Waals surface area contributed by atoms with Crippen LogP contribution in [0.4, 0.5) is 4.39 Å². The lowest BCUT2D eigenvalue weighted by Gasteiger charge is -2.11. The van der Waals surface area contributed by atoms with Gasteiger partial charge in [-0.1, -0.05) is 26.3 Å². The highest BCUT2D eigenvalue weighted by atomic mass is 32.2. The summed E-state index contributed by atoms with van der Waals surface area (Å²) in [5, 5.41) is 9.07. The number of halogens is 1. The molecule has 0 aliphatic rings. The molecule has 3 heteroatoms. The molecule has 0 amide bonds. The van der Waals surface area contributed by atoms with Crippen molar-refractivity contribution in [1.29, 1.82) is 0 Å². The van der Waals surface area contributed by atoms with E-state index in [0.717, 1.165) is 17.1 Å². The number of thioether (sulfide) groups is 1. The van der Waals surface area contributed by atoms with Gasteiger partial charge in [0.25, 0.3) is 0 Å². The van der Waals surface area contributed by atoms with E-state index < -0.39 is 0 Å². The maximum Gasteiger partial charge on any atom is 0.129 e. The van der Waals surface area contributed by atoms with Crippen molar-refractivity contribution >= 4 is 11.8 Å². The fourth-order valence-corrected chi connectivity index (χ4v) is 2.39. The monoisotopic (exact) mass is 228 g/mol. The molecular weight excluding hydrogens is 211 g/mol. The predicted octanol–water partition coefficient (Wildman–Crippen LogP) is 3.46. The van der Waals surface area contributed by atoms with Crippen LogP contribution >= 0.6 is 11.8 Å². The van der Waals surface area contributed by atoms with E-state index in [2.05, 4.69) is 13.8 Å². The molecule has 1 aromatic rings. The van der Waals surface area contributed by atoms with Crippen molar-refractivity contribution in [2.75, 3.05) is 5.75 Å². The van der Waals surface area contributed by atoms with Crippen LogP contribution in [0.2, 0.25) is 0 Å². The SMILES string of the molecule is CCC(C)CSc1cccc(F)c1CO. The Balaban J connectivity index is 2.72. The van der Waals surface area contributed by atoms with Gasteiger partial charge in [-0.15, -0.1) is 11.8 Å². The van der Waals surface area contributed by atoms with E-state index in [9.17, 15) is 4.39 Å². The Bertz CT molecular complexity index is 314. The molecule has 0 aliphatic carbocycles. The topological polar surface area (TPSA) is 20.2 Å². The molecule has 1 aromatic carbocycles. The van der Waals surface area contributed by atoms with Crippen molar-refractivity contribution in [3.05, 3.63) is 29.6 Å². The van der Waals surface area contributed by atoms with Crippen LogP contribution in [-0.2, 0) is 6.61 Å². The second kappa shape index (κ2) is 6.13. The summed E-state index contributed by atoms with van der Waals surface area (Å²) < 4.78 is 13.3. The van der Waals surface area contributed by atoms with Crippen molar-refractivity contribution in [3.63, 3.8) is 0 Å². The minimum absolute atomic E-state index is 0.227. The average molecular weight is 228 g/mol. The molecule has 0 bridgehead atoms. The van der Waals surface area contributed by atoms with Crippen LogP contribution in [0.15, 0.2) is 23.1 Å². The lowest BCUT2D eigenvalue weighted by atomic mass is 10.2. The normalized spacial score (nSPS) is 12.8. The fraction of sp³-hybridized carbons (Fsp3) is 0.500. The number of hydrogen-bond donors (Lipinski definition) is 1. The third-order valence-corrected chi connectivity index (χ3v) is 3.88. The molecule has 1 rings (SSSR count). The smallest absolute Gasteiger partial charge is 0.129 e. The number of aliphatic hydroxyl groups is 1. The first-order valence-electron chi connectivity index (χ1n) is 5.20. The van der Waals surface area contributed by atoms with Gasteiger partial charge in [-0.3, -0.25) is 0 Å². The first-order valence-corrected chi connectivity index (χ1v) is 6.18. The summed E-state index contributed by atoms with van der Waals surface area (Å²) in [4.78, 5) is 0.859. The predicted molar refractivity (Wildman–Crippen MR) is 62.5 cm³/mol. The van der Waals surface area contributed by atoms with E-state index in [1.807, 2.05) is 6.07 Å². The summed E-state index contributed by atoms with van der Waals surface area (Å²) in [6.07, 6.45) is 1.12. The van der Waals surface area contributed by atoms with E-state index in [4.69, 9.17) is 5.11 Å². The minimum atomic E-state index is -0.313. The molecule has 0 aliphatic heterocycles. The van der Waals surface area contributed by atoms with Gasteiger partial charge in [0, 0.05) is 16.2 Å². The Morgan fingerprint density at radius 1 is 1.47 bits per heavy atom. The quantitative estimate of drug-likeness (QED) is 0.779. The third kappa shape index (κ3) is 3.50. The molecular formula is C12H17FOS. The Morgan fingerprint density at radius 2 is 2.20 bits per heavy atom. The molecule has 0 spiro atoms. The van der Waals surface area contributed by atoms with Crippen LogP contribution in [0.5, 0.6) is 0 Å². The highest BCUT2D eigenvalue weighted by Gasteiger charge is 2.08. The van der Waals surface area contributed by atoms with Crippen LogP contribution < -0.4 is 0 Å². The Kier molecular flexibility index (Phi) is 5.12. The summed E-state index contributed by atoms with van der Waals surface area (Å²) in [5.41, 5.74) is 0.422. The number of benzene rings is 1. The lowest BCUT2D eigenvalue weighted by Crippen LogP contribution is -1.98. The van der Waals surface area contributed by atoms with Gasteiger partial charge in [-0.25, -0.2) is 4.39 Å². The largest absolute Gasteiger partial charge is 0.392 e. The fourth-order valence-electron chi connectivity index (χ4n) is 1.18. The van der Waals surface area contributed by atoms with Crippen molar-refractivity contribution in [2.24, 2.45) is 5.92 Å². The van der Waals surface area contributed by atoms with Gasteiger partial charge in [-0.05, 0) is 18.1 Å². The zero-order valence-corrected chi connectivity index (χ0v) is 9.98. The van der Waals surface area contributed by atoms with Gasteiger partial charge < -0.3 is 5.11 Å². The third-order valence-electron chi connectivity index (χ3n) is 2.45. The van der Waals surface area contributed by atoms with Crippen molar-refractivity contribution in [3.8, 4) is 0 Å². The Labute approximate surface area is 94.7 Å². The second-order valence-electron chi connectivity index (χ2n) is 3.70. The number of aliphatic hydroxyl groups excluding tert-OH is 1. The summed E-state index contributed by atoms with van der Waals surface area (Å²) in [5.74, 6) is 1.27. The van der Waals surface area contributed by atoms with E-state index in [1.165, 1.54) is 6.07 Å². The van der Waals surface area contributed by atoms with Gasteiger partial charge >= 0.3 is 0 Å². The van der Waals surface area contributed by atoms with Crippen molar-refractivity contribution < 1.29 is 9.50 Å². The molecule has 0 saturated heterocycles. The van der Waals surface area contributed by atoms with Gasteiger partial charge in [0.05, 0.1) is 6.61 Å². The maximum absolute atomic E-state index is 13.3. The van der Waals surface area contributed by atoms with Gasteiger partial charge in [0.15, 0.2) is 0 Å². The van der Waals surface area contributed by atoms with Crippen LogP contribution in [0.3, 0.4) is 0 Å². The molecule has 0 aromatic heterocycles. The molecule has 1 unspecified atom stereocenters. The molecule has 0 radical (unpaired) electrons. The average Bonchev–Trinajstić information content (AvgIpc) is 2.25. The van der Waals surface area contributed by atoms with Crippen molar-refractivity contribution in [2.45, 2.75) is 31.8 Å². The Hall–Kier alpha value is -0.540.